The number of anilines is 1. The van der Waals surface area contributed by atoms with Crippen LogP contribution >= 0.6 is 24.8 Å². The summed E-state index contributed by atoms with van der Waals surface area (Å²) in [6.45, 7) is 0.796. The van der Waals surface area contributed by atoms with Crippen molar-refractivity contribution in [2.75, 3.05) is 19.1 Å². The third-order valence-electron chi connectivity index (χ3n) is 4.24. The van der Waals surface area contributed by atoms with Gasteiger partial charge in [-0.05, 0) is 30.5 Å². The summed E-state index contributed by atoms with van der Waals surface area (Å²) in [5.74, 6) is 2.31. The summed E-state index contributed by atoms with van der Waals surface area (Å²) in [7, 11) is 3.72. The molecule has 132 valence electrons. The van der Waals surface area contributed by atoms with E-state index in [4.69, 9.17) is 10.5 Å². The maximum Gasteiger partial charge on any atom is 0.132 e. The molecule has 7 heteroatoms. The van der Waals surface area contributed by atoms with Crippen molar-refractivity contribution in [3.05, 3.63) is 47.9 Å². The van der Waals surface area contributed by atoms with Crippen molar-refractivity contribution in [3.8, 4) is 5.75 Å². The molecule has 3 rings (SSSR count). The van der Waals surface area contributed by atoms with Gasteiger partial charge in [0.1, 0.15) is 17.9 Å². The van der Waals surface area contributed by atoms with Crippen LogP contribution in [0.2, 0.25) is 0 Å². The molecule has 0 bridgehead atoms. The second kappa shape index (κ2) is 9.06. The Morgan fingerprint density at radius 1 is 1.17 bits per heavy atom. The molecular formula is C17H24Cl2N4O. The Balaban J connectivity index is 0.00000144. The number of aromatic nitrogens is 2. The molecule has 0 radical (unpaired) electrons. The van der Waals surface area contributed by atoms with Crippen LogP contribution in [0.3, 0.4) is 0 Å². The van der Waals surface area contributed by atoms with Crippen LogP contribution in [0.5, 0.6) is 5.75 Å². The zero-order chi connectivity index (χ0) is 15.5. The van der Waals surface area contributed by atoms with Crippen molar-refractivity contribution in [1.82, 2.24) is 9.97 Å². The number of hydrogen-bond donors (Lipinski definition) is 1. The van der Waals surface area contributed by atoms with Gasteiger partial charge in [0.25, 0.3) is 0 Å². The van der Waals surface area contributed by atoms with E-state index in [-0.39, 0.29) is 24.8 Å². The number of nitrogens with two attached hydrogens (primary N) is 1. The predicted octanol–water partition coefficient (Wildman–Crippen LogP) is 3.17. The van der Waals surface area contributed by atoms with Gasteiger partial charge in [-0.1, -0.05) is 12.1 Å². The van der Waals surface area contributed by atoms with E-state index in [0.717, 1.165) is 36.6 Å². The van der Waals surface area contributed by atoms with Gasteiger partial charge in [-0.15, -0.1) is 24.8 Å². The maximum atomic E-state index is 5.87. The van der Waals surface area contributed by atoms with Crippen molar-refractivity contribution in [2.45, 2.75) is 31.3 Å². The monoisotopic (exact) mass is 370 g/mol. The summed E-state index contributed by atoms with van der Waals surface area (Å²) in [4.78, 5) is 10.9. The Kier molecular flexibility index (Phi) is 7.73. The quantitative estimate of drug-likeness (QED) is 0.875. The summed E-state index contributed by atoms with van der Waals surface area (Å²) >= 11 is 0. The SMILES string of the molecule is COc1ccc(CN(C)c2cc(C3CC(N)C3)ncn2)cc1.Cl.Cl. The van der Waals surface area contributed by atoms with Crippen molar-refractivity contribution in [2.24, 2.45) is 5.73 Å². The first kappa shape index (κ1) is 20.5. The number of nitrogens with zero attached hydrogens (tertiary/aromatic N) is 3. The van der Waals surface area contributed by atoms with Crippen LogP contribution in [-0.4, -0.2) is 30.2 Å². The number of rotatable bonds is 5. The molecule has 1 aromatic carbocycles. The van der Waals surface area contributed by atoms with Crippen LogP contribution in [0.4, 0.5) is 5.82 Å². The third kappa shape index (κ3) is 4.72. The second-order valence-electron chi connectivity index (χ2n) is 5.93. The zero-order valence-corrected chi connectivity index (χ0v) is 15.5. The van der Waals surface area contributed by atoms with Crippen molar-refractivity contribution in [1.29, 1.82) is 0 Å². The fraction of sp³-hybridized carbons (Fsp3) is 0.412. The van der Waals surface area contributed by atoms with Gasteiger partial charge in [-0.25, -0.2) is 9.97 Å². The summed E-state index contributed by atoms with van der Waals surface area (Å²) in [6.07, 6.45) is 3.70. The molecule has 2 N–H and O–H groups in total. The summed E-state index contributed by atoms with van der Waals surface area (Å²) in [6, 6.07) is 10.5. The molecule has 1 aromatic heterocycles. The number of benzene rings is 1. The average Bonchev–Trinajstić information content (AvgIpc) is 2.52. The predicted molar refractivity (Wildman–Crippen MR) is 102 cm³/mol. The van der Waals surface area contributed by atoms with Crippen molar-refractivity contribution >= 4 is 30.6 Å². The molecule has 1 saturated carbocycles. The van der Waals surface area contributed by atoms with Gasteiger partial charge in [0.2, 0.25) is 0 Å². The highest BCUT2D eigenvalue weighted by Crippen LogP contribution is 2.35. The molecule has 0 atom stereocenters. The molecule has 1 aliphatic rings. The van der Waals surface area contributed by atoms with Gasteiger partial charge < -0.3 is 15.4 Å². The fourth-order valence-electron chi connectivity index (χ4n) is 2.78. The first-order valence-corrected chi connectivity index (χ1v) is 7.57. The highest BCUT2D eigenvalue weighted by Gasteiger charge is 2.28. The summed E-state index contributed by atoms with van der Waals surface area (Å²) < 4.78 is 5.18. The van der Waals surface area contributed by atoms with E-state index in [0.29, 0.717) is 12.0 Å². The zero-order valence-electron chi connectivity index (χ0n) is 13.9. The van der Waals surface area contributed by atoms with E-state index in [1.807, 2.05) is 19.2 Å². The first-order valence-electron chi connectivity index (χ1n) is 7.57. The van der Waals surface area contributed by atoms with Gasteiger partial charge in [0.15, 0.2) is 0 Å². The minimum absolute atomic E-state index is 0. The van der Waals surface area contributed by atoms with Gasteiger partial charge >= 0.3 is 0 Å². The van der Waals surface area contributed by atoms with E-state index >= 15 is 0 Å². The minimum Gasteiger partial charge on any atom is -0.497 e. The Morgan fingerprint density at radius 2 is 1.83 bits per heavy atom. The molecule has 2 aromatic rings. The van der Waals surface area contributed by atoms with Gasteiger partial charge in [-0.2, -0.15) is 0 Å². The Hall–Kier alpha value is -1.56. The maximum absolute atomic E-state index is 5.87. The minimum atomic E-state index is 0. The summed E-state index contributed by atoms with van der Waals surface area (Å²) in [5, 5.41) is 0. The van der Waals surface area contributed by atoms with Crippen LogP contribution in [-0.2, 0) is 6.54 Å². The van der Waals surface area contributed by atoms with E-state index < -0.39 is 0 Å². The average molecular weight is 371 g/mol. The van der Waals surface area contributed by atoms with Crippen LogP contribution in [0.1, 0.15) is 30.0 Å². The second-order valence-corrected chi connectivity index (χ2v) is 5.93. The van der Waals surface area contributed by atoms with Crippen LogP contribution in [0.15, 0.2) is 36.7 Å². The van der Waals surface area contributed by atoms with E-state index in [1.165, 1.54) is 5.56 Å². The first-order chi connectivity index (χ1) is 10.7. The summed E-state index contributed by atoms with van der Waals surface area (Å²) in [5.41, 5.74) is 8.19. The number of methoxy groups -OCH3 is 1. The van der Waals surface area contributed by atoms with E-state index in [9.17, 15) is 0 Å². The van der Waals surface area contributed by atoms with Gasteiger partial charge in [0, 0.05) is 37.3 Å². The lowest BCUT2D eigenvalue weighted by Crippen LogP contribution is -2.35. The number of halogens is 2. The van der Waals surface area contributed by atoms with Gasteiger partial charge in [0.05, 0.1) is 7.11 Å². The molecule has 1 fully saturated rings. The molecule has 0 unspecified atom stereocenters. The molecule has 5 nitrogen and oxygen atoms in total. The highest BCUT2D eigenvalue weighted by atomic mass is 35.5. The number of ether oxygens (including phenoxy) is 1. The van der Waals surface area contributed by atoms with E-state index in [1.54, 1.807) is 13.4 Å². The smallest absolute Gasteiger partial charge is 0.132 e. The molecular weight excluding hydrogens is 347 g/mol. The standard InChI is InChI=1S/C17H22N4O.2ClH/c1-21(10-12-3-5-15(22-2)6-4-12)17-9-16(19-11-20-17)13-7-14(18)8-13;;/h3-6,9,11,13-14H,7-8,10,18H2,1-2H3;2*1H. The lowest BCUT2D eigenvalue weighted by atomic mass is 9.78. The fourth-order valence-corrected chi connectivity index (χ4v) is 2.78. The molecule has 0 aliphatic heterocycles. The van der Waals surface area contributed by atoms with Crippen LogP contribution in [0.25, 0.3) is 0 Å². The van der Waals surface area contributed by atoms with Gasteiger partial charge in [-0.3, -0.25) is 0 Å². The molecule has 0 amide bonds. The Labute approximate surface area is 155 Å². The number of hydrogen-bond acceptors (Lipinski definition) is 5. The lowest BCUT2D eigenvalue weighted by Gasteiger charge is -2.32. The largest absolute Gasteiger partial charge is 0.497 e. The molecule has 0 spiro atoms. The topological polar surface area (TPSA) is 64.3 Å². The normalized spacial score (nSPS) is 18.6. The lowest BCUT2D eigenvalue weighted by molar-refractivity contribution is 0.345. The van der Waals surface area contributed by atoms with Crippen LogP contribution < -0.4 is 15.4 Å². The molecule has 24 heavy (non-hydrogen) atoms. The van der Waals surface area contributed by atoms with E-state index in [2.05, 4.69) is 33.1 Å². The van der Waals surface area contributed by atoms with Crippen molar-refractivity contribution in [3.63, 3.8) is 0 Å². The van der Waals surface area contributed by atoms with Crippen LogP contribution in [0, 0.1) is 0 Å². The Morgan fingerprint density at radius 3 is 2.42 bits per heavy atom. The molecule has 0 saturated heterocycles. The third-order valence-corrected chi connectivity index (χ3v) is 4.24. The molecule has 1 aliphatic carbocycles. The van der Waals surface area contributed by atoms with Crippen molar-refractivity contribution < 1.29 is 4.74 Å². The molecule has 1 heterocycles. The highest BCUT2D eigenvalue weighted by molar-refractivity contribution is 5.85. The Bertz CT molecular complexity index is 633.